The first-order chi connectivity index (χ1) is 13.5. The fraction of sp³-hybridized carbons (Fsp3) is 0.136. The van der Waals surface area contributed by atoms with Crippen molar-refractivity contribution in [3.05, 3.63) is 101 Å². The van der Waals surface area contributed by atoms with Crippen LogP contribution in [0.15, 0.2) is 66.9 Å². The predicted octanol–water partition coefficient (Wildman–Crippen LogP) is 3.39. The molecule has 0 saturated carbocycles. The van der Waals surface area contributed by atoms with Crippen molar-refractivity contribution in [1.29, 1.82) is 0 Å². The molecule has 0 spiro atoms. The number of carbonyl (C=O) groups excluding carboxylic acids is 2. The molecular weight excluding hydrogens is 357 g/mol. The van der Waals surface area contributed by atoms with Gasteiger partial charge in [-0.3, -0.25) is 14.6 Å². The maximum atomic E-state index is 13.6. The van der Waals surface area contributed by atoms with Crippen LogP contribution in [0.3, 0.4) is 0 Å². The van der Waals surface area contributed by atoms with Gasteiger partial charge in [0.25, 0.3) is 11.8 Å². The molecule has 142 valence electrons. The van der Waals surface area contributed by atoms with Gasteiger partial charge in [0.05, 0.1) is 0 Å². The van der Waals surface area contributed by atoms with Crippen molar-refractivity contribution in [3.63, 3.8) is 0 Å². The molecule has 0 unspecified atom stereocenters. The summed E-state index contributed by atoms with van der Waals surface area (Å²) in [6.45, 7) is 2.41. The van der Waals surface area contributed by atoms with E-state index in [4.69, 9.17) is 0 Å². The monoisotopic (exact) mass is 377 g/mol. The fourth-order valence-corrected chi connectivity index (χ4v) is 2.71. The molecule has 1 heterocycles. The summed E-state index contributed by atoms with van der Waals surface area (Å²) >= 11 is 0. The highest BCUT2D eigenvalue weighted by Gasteiger charge is 2.12. The second-order valence-corrected chi connectivity index (χ2v) is 6.38. The highest BCUT2D eigenvalue weighted by Crippen LogP contribution is 2.08. The first-order valence-corrected chi connectivity index (χ1v) is 8.84. The molecule has 0 saturated heterocycles. The highest BCUT2D eigenvalue weighted by atomic mass is 19.1. The standard InChI is InChI=1S/C22H20FN3O2/c1-15-5-4-6-16(11-15)13-25-21(27)17-9-10-24-20(12-17)22(28)26-14-18-7-2-3-8-19(18)23/h2-12H,13-14H2,1H3,(H,25,27)(H,26,28). The Morgan fingerprint density at radius 1 is 0.929 bits per heavy atom. The average Bonchev–Trinajstić information content (AvgIpc) is 2.71. The van der Waals surface area contributed by atoms with Gasteiger partial charge in [-0.2, -0.15) is 0 Å². The summed E-state index contributed by atoms with van der Waals surface area (Å²) in [6, 6.07) is 17.0. The number of carbonyl (C=O) groups is 2. The van der Waals surface area contributed by atoms with Crippen LogP contribution in [0, 0.1) is 12.7 Å². The maximum absolute atomic E-state index is 13.6. The molecular formula is C22H20FN3O2. The summed E-state index contributed by atoms with van der Waals surface area (Å²) in [5.74, 6) is -1.16. The van der Waals surface area contributed by atoms with E-state index in [1.165, 1.54) is 18.3 Å². The van der Waals surface area contributed by atoms with Crippen LogP contribution in [0.5, 0.6) is 0 Å². The van der Waals surface area contributed by atoms with Gasteiger partial charge >= 0.3 is 0 Å². The van der Waals surface area contributed by atoms with E-state index < -0.39 is 5.91 Å². The Kier molecular flexibility index (Phi) is 6.11. The number of rotatable bonds is 6. The minimum Gasteiger partial charge on any atom is -0.348 e. The summed E-state index contributed by atoms with van der Waals surface area (Å²) in [7, 11) is 0. The Labute approximate surface area is 162 Å². The number of aryl methyl sites for hydroxylation is 1. The van der Waals surface area contributed by atoms with E-state index >= 15 is 0 Å². The molecule has 3 aromatic rings. The van der Waals surface area contributed by atoms with Crippen molar-refractivity contribution in [2.24, 2.45) is 0 Å². The van der Waals surface area contributed by atoms with Gasteiger partial charge in [0, 0.05) is 30.4 Å². The first kappa shape index (κ1) is 19.2. The largest absolute Gasteiger partial charge is 0.348 e. The number of aromatic nitrogens is 1. The molecule has 0 atom stereocenters. The molecule has 2 amide bonds. The fourth-order valence-electron chi connectivity index (χ4n) is 2.71. The normalized spacial score (nSPS) is 10.4. The minimum atomic E-state index is -0.475. The lowest BCUT2D eigenvalue weighted by Gasteiger charge is -2.08. The van der Waals surface area contributed by atoms with Gasteiger partial charge in [-0.25, -0.2) is 4.39 Å². The Morgan fingerprint density at radius 3 is 2.50 bits per heavy atom. The summed E-state index contributed by atoms with van der Waals surface area (Å²) in [4.78, 5) is 28.7. The third-order valence-electron chi connectivity index (χ3n) is 4.19. The van der Waals surface area contributed by atoms with Crippen LogP contribution in [0.2, 0.25) is 0 Å². The van der Waals surface area contributed by atoms with Crippen LogP contribution in [0.25, 0.3) is 0 Å². The van der Waals surface area contributed by atoms with Crippen molar-refractivity contribution in [2.45, 2.75) is 20.0 Å². The van der Waals surface area contributed by atoms with E-state index in [9.17, 15) is 14.0 Å². The van der Waals surface area contributed by atoms with Crippen LogP contribution >= 0.6 is 0 Å². The van der Waals surface area contributed by atoms with Crippen molar-refractivity contribution >= 4 is 11.8 Å². The number of halogens is 1. The zero-order valence-corrected chi connectivity index (χ0v) is 15.4. The topological polar surface area (TPSA) is 71.1 Å². The van der Waals surface area contributed by atoms with Gasteiger partial charge < -0.3 is 10.6 Å². The Hall–Kier alpha value is -3.54. The van der Waals surface area contributed by atoms with Gasteiger partial charge in [-0.05, 0) is 30.7 Å². The van der Waals surface area contributed by atoms with Gasteiger partial charge in [0.2, 0.25) is 0 Å². The van der Waals surface area contributed by atoms with Crippen LogP contribution in [0.1, 0.15) is 37.5 Å². The average molecular weight is 377 g/mol. The van der Waals surface area contributed by atoms with Gasteiger partial charge in [-0.15, -0.1) is 0 Å². The summed E-state index contributed by atoms with van der Waals surface area (Å²) in [5, 5.41) is 5.44. The molecule has 6 heteroatoms. The number of hydrogen-bond donors (Lipinski definition) is 2. The lowest BCUT2D eigenvalue weighted by atomic mass is 10.1. The van der Waals surface area contributed by atoms with E-state index in [1.807, 2.05) is 31.2 Å². The molecule has 0 bridgehead atoms. The Balaban J connectivity index is 1.61. The number of amides is 2. The molecule has 0 fully saturated rings. The van der Waals surface area contributed by atoms with E-state index in [-0.39, 0.29) is 24.0 Å². The SMILES string of the molecule is Cc1cccc(CNC(=O)c2ccnc(C(=O)NCc3ccccc3F)c2)c1. The van der Waals surface area contributed by atoms with Crippen molar-refractivity contribution in [1.82, 2.24) is 15.6 Å². The quantitative estimate of drug-likeness (QED) is 0.692. The molecule has 0 aliphatic rings. The molecule has 0 aliphatic heterocycles. The van der Waals surface area contributed by atoms with E-state index in [0.29, 0.717) is 17.7 Å². The number of benzene rings is 2. The third kappa shape index (κ3) is 5.01. The van der Waals surface area contributed by atoms with Gasteiger partial charge in [-0.1, -0.05) is 48.0 Å². The number of nitrogens with zero attached hydrogens (tertiary/aromatic N) is 1. The zero-order chi connectivity index (χ0) is 19.9. The van der Waals surface area contributed by atoms with Crippen LogP contribution in [-0.4, -0.2) is 16.8 Å². The second kappa shape index (κ2) is 8.90. The molecule has 28 heavy (non-hydrogen) atoms. The molecule has 2 aromatic carbocycles. The van der Waals surface area contributed by atoms with Crippen molar-refractivity contribution in [3.8, 4) is 0 Å². The molecule has 2 N–H and O–H groups in total. The molecule has 3 rings (SSSR count). The predicted molar refractivity (Wildman–Crippen MR) is 104 cm³/mol. The molecule has 5 nitrogen and oxygen atoms in total. The lowest BCUT2D eigenvalue weighted by molar-refractivity contribution is 0.0945. The summed E-state index contributed by atoms with van der Waals surface area (Å²) in [6.07, 6.45) is 1.40. The Morgan fingerprint density at radius 2 is 1.71 bits per heavy atom. The van der Waals surface area contributed by atoms with E-state index in [1.54, 1.807) is 24.3 Å². The summed E-state index contributed by atoms with van der Waals surface area (Å²) in [5.41, 5.74) is 2.91. The second-order valence-electron chi connectivity index (χ2n) is 6.38. The van der Waals surface area contributed by atoms with Crippen LogP contribution < -0.4 is 10.6 Å². The summed E-state index contributed by atoms with van der Waals surface area (Å²) < 4.78 is 13.6. The minimum absolute atomic E-state index is 0.0387. The lowest BCUT2D eigenvalue weighted by Crippen LogP contribution is -2.26. The molecule has 0 radical (unpaired) electrons. The van der Waals surface area contributed by atoms with E-state index in [0.717, 1.165) is 11.1 Å². The zero-order valence-electron chi connectivity index (χ0n) is 15.4. The molecule has 1 aromatic heterocycles. The maximum Gasteiger partial charge on any atom is 0.270 e. The Bertz CT molecular complexity index is 1000. The highest BCUT2D eigenvalue weighted by molar-refractivity contribution is 5.98. The van der Waals surface area contributed by atoms with Crippen molar-refractivity contribution in [2.75, 3.05) is 0 Å². The smallest absolute Gasteiger partial charge is 0.270 e. The van der Waals surface area contributed by atoms with Gasteiger partial charge in [0.1, 0.15) is 11.5 Å². The van der Waals surface area contributed by atoms with Crippen molar-refractivity contribution < 1.29 is 14.0 Å². The molecule has 0 aliphatic carbocycles. The number of nitrogens with one attached hydrogen (secondary N) is 2. The van der Waals surface area contributed by atoms with E-state index in [2.05, 4.69) is 15.6 Å². The third-order valence-corrected chi connectivity index (χ3v) is 4.19. The number of hydrogen-bond acceptors (Lipinski definition) is 3. The van der Waals surface area contributed by atoms with Crippen LogP contribution in [-0.2, 0) is 13.1 Å². The van der Waals surface area contributed by atoms with Crippen LogP contribution in [0.4, 0.5) is 4.39 Å². The van der Waals surface area contributed by atoms with Gasteiger partial charge in [0.15, 0.2) is 0 Å². The number of pyridine rings is 1. The first-order valence-electron chi connectivity index (χ1n) is 8.84.